The maximum Gasteiger partial charge on any atom is 0.248 e. The Kier molecular flexibility index (Phi) is 6.47. The van der Waals surface area contributed by atoms with Crippen LogP contribution in [-0.2, 0) is 11.4 Å². The second kappa shape index (κ2) is 9.21. The third-order valence-electron chi connectivity index (χ3n) is 3.61. The van der Waals surface area contributed by atoms with Crippen molar-refractivity contribution in [1.29, 1.82) is 0 Å². The highest BCUT2D eigenvalue weighted by Gasteiger charge is 2.04. The zero-order valence-corrected chi connectivity index (χ0v) is 15.7. The van der Waals surface area contributed by atoms with Crippen molar-refractivity contribution in [3.63, 3.8) is 0 Å². The van der Waals surface area contributed by atoms with Gasteiger partial charge in [0.15, 0.2) is 0 Å². The number of carbonyl (C=O) groups excluding carboxylic acids is 1. The van der Waals surface area contributed by atoms with Crippen molar-refractivity contribution in [2.24, 2.45) is 0 Å². The highest BCUT2D eigenvalue weighted by molar-refractivity contribution is 6.35. The Balaban J connectivity index is 1.55. The summed E-state index contributed by atoms with van der Waals surface area (Å²) >= 11 is 11.9. The Morgan fingerprint density at radius 2 is 1.89 bits per heavy atom. The molecule has 0 fully saturated rings. The Morgan fingerprint density at radius 3 is 2.63 bits per heavy atom. The molecule has 0 aliphatic heterocycles. The van der Waals surface area contributed by atoms with Crippen molar-refractivity contribution in [3.8, 4) is 5.75 Å². The highest BCUT2D eigenvalue weighted by Crippen LogP contribution is 2.25. The zero-order valence-electron chi connectivity index (χ0n) is 14.2. The number of benzene rings is 2. The third-order valence-corrected chi connectivity index (χ3v) is 4.17. The normalized spacial score (nSPS) is 10.7. The first-order chi connectivity index (χ1) is 13.1. The first-order valence-electron chi connectivity index (χ1n) is 8.17. The summed E-state index contributed by atoms with van der Waals surface area (Å²) in [5.74, 6) is 0.433. The number of nitrogens with zero attached hydrogens (tertiary/aromatic N) is 1. The summed E-state index contributed by atoms with van der Waals surface area (Å²) in [5.41, 5.74) is 2.20. The second-order valence-electron chi connectivity index (χ2n) is 5.63. The molecule has 3 aromatic rings. The number of amides is 1. The highest BCUT2D eigenvalue weighted by atomic mass is 35.5. The molecule has 1 aromatic heterocycles. The lowest BCUT2D eigenvalue weighted by Gasteiger charge is -2.06. The van der Waals surface area contributed by atoms with Crippen LogP contribution in [-0.4, -0.2) is 10.9 Å². The molecule has 0 atom stereocenters. The van der Waals surface area contributed by atoms with Gasteiger partial charge in [-0.25, -0.2) is 0 Å². The Hall–Kier alpha value is -2.82. The zero-order chi connectivity index (χ0) is 19.1. The molecular formula is C21H16Cl2N2O2. The van der Waals surface area contributed by atoms with Gasteiger partial charge in [-0.2, -0.15) is 0 Å². The monoisotopic (exact) mass is 398 g/mol. The van der Waals surface area contributed by atoms with Crippen molar-refractivity contribution in [2.45, 2.75) is 6.61 Å². The quantitative estimate of drug-likeness (QED) is 0.548. The fraction of sp³-hybridized carbons (Fsp3) is 0.0476. The molecule has 4 nitrogen and oxygen atoms in total. The lowest BCUT2D eigenvalue weighted by molar-refractivity contribution is -0.111. The number of pyridine rings is 1. The van der Waals surface area contributed by atoms with E-state index in [1.54, 1.807) is 30.5 Å². The van der Waals surface area contributed by atoms with Gasteiger partial charge in [-0.15, -0.1) is 0 Å². The molecule has 0 unspecified atom stereocenters. The molecule has 2 aromatic carbocycles. The second-order valence-corrected chi connectivity index (χ2v) is 6.47. The van der Waals surface area contributed by atoms with E-state index >= 15 is 0 Å². The number of carbonyl (C=O) groups is 1. The SMILES string of the molecule is O=C(/C=C/c1ccc(OCc2ccccn2)cc1)Nc1cc(Cl)ccc1Cl. The van der Waals surface area contributed by atoms with Crippen molar-refractivity contribution in [3.05, 3.63) is 94.2 Å². The van der Waals surface area contributed by atoms with Crippen molar-refractivity contribution in [2.75, 3.05) is 5.32 Å². The first-order valence-corrected chi connectivity index (χ1v) is 8.92. The van der Waals surface area contributed by atoms with Crippen LogP contribution in [0.15, 0.2) is 72.9 Å². The fourth-order valence-corrected chi connectivity index (χ4v) is 2.59. The predicted molar refractivity (Wildman–Crippen MR) is 109 cm³/mol. The van der Waals surface area contributed by atoms with E-state index in [-0.39, 0.29) is 5.91 Å². The van der Waals surface area contributed by atoms with E-state index in [1.165, 1.54) is 6.08 Å². The topological polar surface area (TPSA) is 51.2 Å². The molecule has 0 aliphatic rings. The molecule has 0 saturated heterocycles. The minimum absolute atomic E-state index is 0.297. The van der Waals surface area contributed by atoms with Gasteiger partial charge in [-0.3, -0.25) is 9.78 Å². The Labute approximate surface area is 167 Å². The molecule has 136 valence electrons. The summed E-state index contributed by atoms with van der Waals surface area (Å²) in [6, 6.07) is 18.0. The smallest absolute Gasteiger partial charge is 0.248 e. The average Bonchev–Trinajstić information content (AvgIpc) is 2.69. The maximum atomic E-state index is 12.0. The van der Waals surface area contributed by atoms with Gasteiger partial charge in [0, 0.05) is 17.3 Å². The molecule has 0 spiro atoms. The Bertz CT molecular complexity index is 942. The van der Waals surface area contributed by atoms with E-state index in [0.29, 0.717) is 22.3 Å². The van der Waals surface area contributed by atoms with Gasteiger partial charge in [0.05, 0.1) is 16.4 Å². The Morgan fingerprint density at radius 1 is 1.07 bits per heavy atom. The van der Waals surface area contributed by atoms with Gasteiger partial charge in [-0.1, -0.05) is 41.4 Å². The van der Waals surface area contributed by atoms with Gasteiger partial charge in [-0.05, 0) is 54.1 Å². The number of ether oxygens (including phenoxy) is 1. The number of hydrogen-bond donors (Lipinski definition) is 1. The molecular weight excluding hydrogens is 383 g/mol. The van der Waals surface area contributed by atoms with Crippen LogP contribution in [0.2, 0.25) is 10.0 Å². The van der Waals surface area contributed by atoms with E-state index < -0.39 is 0 Å². The van der Waals surface area contributed by atoms with Crippen LogP contribution in [0.5, 0.6) is 5.75 Å². The number of anilines is 1. The van der Waals surface area contributed by atoms with Crippen LogP contribution in [0.25, 0.3) is 6.08 Å². The van der Waals surface area contributed by atoms with E-state index in [0.717, 1.165) is 17.0 Å². The summed E-state index contributed by atoms with van der Waals surface area (Å²) in [6.45, 7) is 0.402. The van der Waals surface area contributed by atoms with Crippen molar-refractivity contribution >= 4 is 40.9 Å². The van der Waals surface area contributed by atoms with Gasteiger partial charge in [0.2, 0.25) is 5.91 Å². The molecule has 1 heterocycles. The summed E-state index contributed by atoms with van der Waals surface area (Å²) in [5, 5.41) is 3.62. The number of halogens is 2. The third kappa shape index (κ3) is 5.84. The van der Waals surface area contributed by atoms with Crippen LogP contribution in [0.3, 0.4) is 0 Å². The summed E-state index contributed by atoms with van der Waals surface area (Å²) in [7, 11) is 0. The molecule has 0 radical (unpaired) electrons. The van der Waals surface area contributed by atoms with Crippen LogP contribution in [0.1, 0.15) is 11.3 Å². The van der Waals surface area contributed by atoms with Crippen LogP contribution >= 0.6 is 23.2 Å². The number of nitrogens with one attached hydrogen (secondary N) is 1. The van der Waals surface area contributed by atoms with E-state index in [4.69, 9.17) is 27.9 Å². The predicted octanol–water partition coefficient (Wildman–Crippen LogP) is 5.62. The molecule has 6 heteroatoms. The molecule has 3 rings (SSSR count). The van der Waals surface area contributed by atoms with Gasteiger partial charge in [0.25, 0.3) is 0 Å². The van der Waals surface area contributed by atoms with Gasteiger partial charge >= 0.3 is 0 Å². The fourth-order valence-electron chi connectivity index (χ4n) is 2.26. The maximum absolute atomic E-state index is 12.0. The minimum atomic E-state index is -0.297. The molecule has 0 saturated carbocycles. The minimum Gasteiger partial charge on any atom is -0.487 e. The molecule has 1 amide bonds. The lowest BCUT2D eigenvalue weighted by Crippen LogP contribution is -2.08. The summed E-state index contributed by atoms with van der Waals surface area (Å²) in [4.78, 5) is 16.3. The van der Waals surface area contributed by atoms with Crippen LogP contribution < -0.4 is 10.1 Å². The van der Waals surface area contributed by atoms with Crippen LogP contribution in [0.4, 0.5) is 5.69 Å². The van der Waals surface area contributed by atoms with Crippen molar-refractivity contribution in [1.82, 2.24) is 4.98 Å². The molecule has 27 heavy (non-hydrogen) atoms. The van der Waals surface area contributed by atoms with Gasteiger partial charge < -0.3 is 10.1 Å². The summed E-state index contributed by atoms with van der Waals surface area (Å²) in [6.07, 6.45) is 4.87. The average molecular weight is 399 g/mol. The lowest BCUT2D eigenvalue weighted by atomic mass is 10.2. The molecule has 0 bridgehead atoms. The molecule has 0 aliphatic carbocycles. The molecule has 1 N–H and O–H groups in total. The van der Waals surface area contributed by atoms with Crippen molar-refractivity contribution < 1.29 is 9.53 Å². The number of aromatic nitrogens is 1. The van der Waals surface area contributed by atoms with E-state index in [2.05, 4.69) is 10.3 Å². The van der Waals surface area contributed by atoms with Gasteiger partial charge in [0.1, 0.15) is 12.4 Å². The van der Waals surface area contributed by atoms with E-state index in [1.807, 2.05) is 42.5 Å². The summed E-state index contributed by atoms with van der Waals surface area (Å²) < 4.78 is 5.68. The number of hydrogen-bond acceptors (Lipinski definition) is 3. The number of rotatable bonds is 6. The van der Waals surface area contributed by atoms with Crippen LogP contribution in [0, 0.1) is 0 Å². The van der Waals surface area contributed by atoms with E-state index in [9.17, 15) is 4.79 Å². The largest absolute Gasteiger partial charge is 0.487 e. The standard InChI is InChI=1S/C21H16Cl2N2O2/c22-16-7-10-19(23)20(13-16)25-21(26)11-6-15-4-8-18(9-5-15)27-14-17-3-1-2-12-24-17/h1-13H,14H2,(H,25,26)/b11-6+. The first kappa shape index (κ1) is 19.0.